The summed E-state index contributed by atoms with van der Waals surface area (Å²) < 4.78 is 0.315. The SMILES string of the molecule is C[N+](CCO)(CC(=O)O)Cc1ccccc1. The third-order valence-electron chi connectivity index (χ3n) is 2.56. The van der Waals surface area contributed by atoms with Crippen LogP contribution in [0.5, 0.6) is 0 Å². The number of quaternary nitrogens is 1. The topological polar surface area (TPSA) is 57.5 Å². The van der Waals surface area contributed by atoms with Crippen molar-refractivity contribution in [2.45, 2.75) is 6.54 Å². The molecule has 0 saturated carbocycles. The van der Waals surface area contributed by atoms with Crippen molar-refractivity contribution < 1.29 is 19.5 Å². The van der Waals surface area contributed by atoms with Gasteiger partial charge in [0.25, 0.3) is 0 Å². The van der Waals surface area contributed by atoms with Gasteiger partial charge in [0, 0.05) is 5.56 Å². The number of aliphatic carboxylic acids is 1. The summed E-state index contributed by atoms with van der Waals surface area (Å²) in [6.45, 7) is 1.08. The van der Waals surface area contributed by atoms with Crippen LogP contribution in [0.15, 0.2) is 30.3 Å². The van der Waals surface area contributed by atoms with E-state index in [1.54, 1.807) is 0 Å². The van der Waals surface area contributed by atoms with E-state index in [4.69, 9.17) is 10.2 Å². The summed E-state index contributed by atoms with van der Waals surface area (Å²) in [6.07, 6.45) is 0. The number of benzene rings is 1. The third-order valence-corrected chi connectivity index (χ3v) is 2.56. The zero-order valence-electron chi connectivity index (χ0n) is 9.47. The van der Waals surface area contributed by atoms with E-state index in [2.05, 4.69) is 0 Å². The van der Waals surface area contributed by atoms with Crippen LogP contribution in [-0.2, 0) is 11.3 Å². The molecule has 0 fully saturated rings. The summed E-state index contributed by atoms with van der Waals surface area (Å²) in [7, 11) is 1.84. The molecule has 0 spiro atoms. The molecule has 0 amide bonds. The molecule has 1 unspecified atom stereocenters. The number of carboxylic acids is 1. The van der Waals surface area contributed by atoms with Gasteiger partial charge in [-0.2, -0.15) is 0 Å². The van der Waals surface area contributed by atoms with Gasteiger partial charge in [-0.05, 0) is 0 Å². The predicted octanol–water partition coefficient (Wildman–Crippen LogP) is 0.710. The lowest BCUT2D eigenvalue weighted by atomic mass is 10.2. The van der Waals surface area contributed by atoms with Crippen LogP contribution in [-0.4, -0.2) is 47.4 Å². The van der Waals surface area contributed by atoms with Crippen LogP contribution in [0.4, 0.5) is 0 Å². The highest BCUT2D eigenvalue weighted by Gasteiger charge is 2.24. The number of hydrogen-bond donors (Lipinski definition) is 2. The smallest absolute Gasteiger partial charge is 0.359 e. The van der Waals surface area contributed by atoms with Crippen LogP contribution in [0.3, 0.4) is 0 Å². The van der Waals surface area contributed by atoms with Crippen LogP contribution in [0.25, 0.3) is 0 Å². The summed E-state index contributed by atoms with van der Waals surface area (Å²) >= 11 is 0. The minimum Gasteiger partial charge on any atom is -0.477 e. The first-order chi connectivity index (χ1) is 7.56. The molecule has 1 rings (SSSR count). The average Bonchev–Trinajstić information content (AvgIpc) is 2.17. The number of aliphatic hydroxyl groups excluding tert-OH is 1. The zero-order valence-corrected chi connectivity index (χ0v) is 9.47. The van der Waals surface area contributed by atoms with Gasteiger partial charge in [0.15, 0.2) is 6.54 Å². The molecular weight excluding hydrogens is 206 g/mol. The van der Waals surface area contributed by atoms with Gasteiger partial charge < -0.3 is 14.7 Å². The van der Waals surface area contributed by atoms with Crippen molar-refractivity contribution in [3.05, 3.63) is 35.9 Å². The maximum atomic E-state index is 10.8. The van der Waals surface area contributed by atoms with E-state index < -0.39 is 5.97 Å². The fraction of sp³-hybridized carbons (Fsp3) is 0.417. The molecule has 0 bridgehead atoms. The lowest BCUT2D eigenvalue weighted by Crippen LogP contribution is -2.48. The summed E-state index contributed by atoms with van der Waals surface area (Å²) in [5.74, 6) is -0.841. The molecule has 0 radical (unpaired) electrons. The van der Waals surface area contributed by atoms with E-state index in [0.717, 1.165) is 5.56 Å². The third kappa shape index (κ3) is 4.00. The van der Waals surface area contributed by atoms with Crippen molar-refractivity contribution in [2.75, 3.05) is 26.7 Å². The Balaban J connectivity index is 2.74. The Hall–Kier alpha value is -1.39. The average molecular weight is 224 g/mol. The molecular formula is C12H18NO3+. The lowest BCUT2D eigenvalue weighted by molar-refractivity contribution is -0.915. The van der Waals surface area contributed by atoms with Gasteiger partial charge in [0.2, 0.25) is 0 Å². The molecule has 88 valence electrons. The van der Waals surface area contributed by atoms with Crippen molar-refractivity contribution in [3.63, 3.8) is 0 Å². The van der Waals surface area contributed by atoms with Crippen molar-refractivity contribution >= 4 is 5.97 Å². The van der Waals surface area contributed by atoms with Gasteiger partial charge >= 0.3 is 5.97 Å². The van der Waals surface area contributed by atoms with Gasteiger partial charge in [-0.3, -0.25) is 0 Å². The van der Waals surface area contributed by atoms with E-state index in [1.165, 1.54) is 0 Å². The second-order valence-electron chi connectivity index (χ2n) is 4.26. The van der Waals surface area contributed by atoms with Gasteiger partial charge in [-0.25, -0.2) is 4.79 Å². The Labute approximate surface area is 95.3 Å². The van der Waals surface area contributed by atoms with Gasteiger partial charge in [-0.15, -0.1) is 0 Å². The Bertz CT molecular complexity index is 339. The maximum Gasteiger partial charge on any atom is 0.359 e. The summed E-state index contributed by atoms with van der Waals surface area (Å²) in [4.78, 5) is 10.8. The second kappa shape index (κ2) is 5.63. The molecule has 4 heteroatoms. The van der Waals surface area contributed by atoms with Crippen LogP contribution in [0.1, 0.15) is 5.56 Å². The van der Waals surface area contributed by atoms with Crippen LogP contribution in [0, 0.1) is 0 Å². The van der Waals surface area contributed by atoms with E-state index >= 15 is 0 Å². The summed E-state index contributed by atoms with van der Waals surface area (Å²) in [6, 6.07) is 9.72. The molecule has 16 heavy (non-hydrogen) atoms. The molecule has 0 aromatic heterocycles. The molecule has 0 saturated heterocycles. The van der Waals surface area contributed by atoms with Crippen molar-refractivity contribution in [1.29, 1.82) is 0 Å². The Morgan fingerprint density at radius 3 is 2.44 bits per heavy atom. The van der Waals surface area contributed by atoms with Crippen LogP contribution in [0.2, 0.25) is 0 Å². The monoisotopic (exact) mass is 224 g/mol. The molecule has 0 aliphatic rings. The van der Waals surface area contributed by atoms with Gasteiger partial charge in [0.05, 0.1) is 13.7 Å². The molecule has 0 aliphatic carbocycles. The molecule has 0 aliphatic heterocycles. The number of hydrogen-bond acceptors (Lipinski definition) is 2. The molecule has 0 heterocycles. The van der Waals surface area contributed by atoms with Crippen LogP contribution < -0.4 is 0 Å². The number of likely N-dealkylation sites (N-methyl/N-ethyl adjacent to an activating group) is 1. The largest absolute Gasteiger partial charge is 0.477 e. The highest BCUT2D eigenvalue weighted by Crippen LogP contribution is 2.11. The van der Waals surface area contributed by atoms with Gasteiger partial charge in [0.1, 0.15) is 13.1 Å². The lowest BCUT2D eigenvalue weighted by Gasteiger charge is -2.32. The molecule has 1 atom stereocenters. The van der Waals surface area contributed by atoms with Crippen molar-refractivity contribution in [1.82, 2.24) is 0 Å². The quantitative estimate of drug-likeness (QED) is 0.700. The minimum atomic E-state index is -0.841. The highest BCUT2D eigenvalue weighted by molar-refractivity contribution is 5.67. The Morgan fingerprint density at radius 1 is 1.31 bits per heavy atom. The standard InChI is InChI=1S/C12H17NO3/c1-13(7-8-14,10-12(15)16)9-11-5-3-2-4-6-11/h2-6,14H,7-10H2,1H3/p+1. The maximum absolute atomic E-state index is 10.8. The highest BCUT2D eigenvalue weighted by atomic mass is 16.4. The number of aliphatic hydroxyl groups is 1. The van der Waals surface area contributed by atoms with Crippen molar-refractivity contribution in [3.8, 4) is 0 Å². The molecule has 4 nitrogen and oxygen atoms in total. The molecule has 2 N–H and O–H groups in total. The van der Waals surface area contributed by atoms with E-state index in [1.807, 2.05) is 37.4 Å². The fourth-order valence-corrected chi connectivity index (χ4v) is 1.81. The summed E-state index contributed by atoms with van der Waals surface area (Å²) in [5.41, 5.74) is 1.08. The molecule has 1 aromatic rings. The van der Waals surface area contributed by atoms with Crippen LogP contribution >= 0.6 is 0 Å². The minimum absolute atomic E-state index is 0.00336. The number of carboxylic acid groups (broad SMARTS) is 1. The molecule has 1 aromatic carbocycles. The van der Waals surface area contributed by atoms with Crippen molar-refractivity contribution in [2.24, 2.45) is 0 Å². The summed E-state index contributed by atoms with van der Waals surface area (Å²) in [5, 5.41) is 17.8. The number of carbonyl (C=O) groups is 1. The van der Waals surface area contributed by atoms with E-state index in [9.17, 15) is 4.79 Å². The normalized spacial score (nSPS) is 14.4. The second-order valence-corrected chi connectivity index (χ2v) is 4.26. The first-order valence-corrected chi connectivity index (χ1v) is 5.26. The first-order valence-electron chi connectivity index (χ1n) is 5.26. The number of rotatable bonds is 6. The first kappa shape index (κ1) is 12.7. The Kier molecular flexibility index (Phi) is 4.46. The zero-order chi connectivity index (χ0) is 12.0. The Morgan fingerprint density at radius 2 is 1.94 bits per heavy atom. The predicted molar refractivity (Wildman–Crippen MR) is 60.8 cm³/mol. The van der Waals surface area contributed by atoms with E-state index in [-0.39, 0.29) is 13.2 Å². The number of nitrogens with zero attached hydrogens (tertiary/aromatic N) is 1. The van der Waals surface area contributed by atoms with E-state index in [0.29, 0.717) is 17.6 Å². The van der Waals surface area contributed by atoms with Gasteiger partial charge in [-0.1, -0.05) is 30.3 Å². The fourth-order valence-electron chi connectivity index (χ4n) is 1.81.